The Balaban J connectivity index is 0.00000280. The maximum absolute atomic E-state index is 12.4. The number of benzene rings is 1. The Kier molecular flexibility index (Phi) is 8.20. The number of ether oxygens (including phenoxy) is 1. The van der Waals surface area contributed by atoms with Gasteiger partial charge < -0.3 is 31.7 Å². The summed E-state index contributed by atoms with van der Waals surface area (Å²) in [5.74, 6) is 0.196. The lowest BCUT2D eigenvalue weighted by Crippen LogP contribution is -3.00. The molecule has 6 heteroatoms. The van der Waals surface area contributed by atoms with E-state index in [9.17, 15) is 4.79 Å². The quantitative estimate of drug-likeness (QED) is 0.357. The number of pyridine rings is 1. The van der Waals surface area contributed by atoms with E-state index in [1.54, 1.807) is 0 Å². The van der Waals surface area contributed by atoms with Gasteiger partial charge in [0.05, 0.1) is 5.92 Å². The first-order valence-electron chi connectivity index (χ1n) is 9.52. The highest BCUT2D eigenvalue weighted by Gasteiger charge is 2.27. The van der Waals surface area contributed by atoms with Crippen LogP contribution in [0.3, 0.4) is 0 Å². The maximum Gasteiger partial charge on any atom is 0.318 e. The molecule has 5 nitrogen and oxygen atoms in total. The molecule has 1 N–H and O–H groups in total. The second kappa shape index (κ2) is 10.4. The van der Waals surface area contributed by atoms with Crippen molar-refractivity contribution in [3.63, 3.8) is 0 Å². The van der Waals surface area contributed by atoms with Gasteiger partial charge in [0.25, 0.3) is 0 Å². The average molecular weight is 447 g/mol. The number of carbonyl (C=O) groups is 1. The van der Waals surface area contributed by atoms with Gasteiger partial charge in [0.15, 0.2) is 18.9 Å². The van der Waals surface area contributed by atoms with Gasteiger partial charge >= 0.3 is 5.97 Å². The van der Waals surface area contributed by atoms with Crippen molar-refractivity contribution in [2.75, 3.05) is 24.6 Å². The molecule has 150 valence electrons. The van der Waals surface area contributed by atoms with E-state index >= 15 is 0 Å². The molecule has 0 saturated carbocycles. The molecule has 2 heterocycles. The standard InChI is InChI=1S/C22H27N2O3.BrH/c1-3-24(4-2)20-8-7-18-15-19(22(26)27-21(18)16-20)6-5-17-9-11-23(12-10-17)13-14-25;/h5-12,16,19,25H,3-4,13-15H2,1-2H3;1H/q+1;/p-1. The van der Waals surface area contributed by atoms with E-state index in [-0.39, 0.29) is 35.5 Å². The van der Waals surface area contributed by atoms with Gasteiger partial charge in [-0.15, -0.1) is 0 Å². The summed E-state index contributed by atoms with van der Waals surface area (Å²) in [7, 11) is 0. The van der Waals surface area contributed by atoms with Crippen LogP contribution in [0.15, 0.2) is 48.8 Å². The van der Waals surface area contributed by atoms with Gasteiger partial charge in [0, 0.05) is 37.0 Å². The summed E-state index contributed by atoms with van der Waals surface area (Å²) in [6, 6.07) is 10.1. The van der Waals surface area contributed by atoms with Gasteiger partial charge in [0.1, 0.15) is 12.4 Å². The number of hydrogen-bond donors (Lipinski definition) is 1. The average Bonchev–Trinajstić information content (AvgIpc) is 2.68. The molecule has 0 spiro atoms. The molecular weight excluding hydrogens is 420 g/mol. The van der Waals surface area contributed by atoms with E-state index in [1.807, 2.05) is 47.3 Å². The Morgan fingerprint density at radius 1 is 1.21 bits per heavy atom. The first kappa shape index (κ1) is 22.1. The number of hydrogen-bond acceptors (Lipinski definition) is 4. The van der Waals surface area contributed by atoms with Gasteiger partial charge in [0.2, 0.25) is 0 Å². The Bertz CT molecular complexity index is 817. The van der Waals surface area contributed by atoms with Crippen molar-refractivity contribution >= 4 is 17.7 Å². The summed E-state index contributed by atoms with van der Waals surface area (Å²) in [5, 5.41) is 8.96. The molecule has 1 aromatic heterocycles. The molecule has 0 fully saturated rings. The minimum atomic E-state index is -0.276. The summed E-state index contributed by atoms with van der Waals surface area (Å²) in [4.78, 5) is 14.7. The largest absolute Gasteiger partial charge is 1.00 e. The van der Waals surface area contributed by atoms with Crippen LogP contribution in [0.4, 0.5) is 5.69 Å². The first-order chi connectivity index (χ1) is 13.1. The molecule has 1 aromatic carbocycles. The molecule has 0 radical (unpaired) electrons. The fourth-order valence-electron chi connectivity index (χ4n) is 3.32. The van der Waals surface area contributed by atoms with Crippen LogP contribution >= 0.6 is 0 Å². The second-order valence-corrected chi connectivity index (χ2v) is 6.65. The lowest BCUT2D eigenvalue weighted by molar-refractivity contribution is -0.698. The third-order valence-electron chi connectivity index (χ3n) is 4.93. The molecular formula is C22H27BrN2O3. The van der Waals surface area contributed by atoms with Gasteiger partial charge in [-0.05, 0) is 37.5 Å². The van der Waals surface area contributed by atoms with Gasteiger partial charge in [-0.1, -0.05) is 18.2 Å². The Labute approximate surface area is 177 Å². The fraction of sp³-hybridized carbons (Fsp3) is 0.364. The minimum absolute atomic E-state index is 0. The number of aliphatic hydroxyl groups excluding tert-OH is 1. The van der Waals surface area contributed by atoms with Crippen LogP contribution in [0.2, 0.25) is 0 Å². The van der Waals surface area contributed by atoms with Gasteiger partial charge in [-0.25, -0.2) is 4.57 Å². The molecule has 0 saturated heterocycles. The van der Waals surface area contributed by atoms with Crippen LogP contribution in [-0.4, -0.2) is 30.8 Å². The molecule has 2 aromatic rings. The van der Waals surface area contributed by atoms with Crippen LogP contribution < -0.4 is 31.2 Å². The molecule has 1 unspecified atom stereocenters. The summed E-state index contributed by atoms with van der Waals surface area (Å²) < 4.78 is 7.53. The number of aromatic nitrogens is 1. The molecule has 3 rings (SSSR count). The number of aliphatic hydroxyl groups is 1. The lowest BCUT2D eigenvalue weighted by Gasteiger charge is -2.25. The second-order valence-electron chi connectivity index (χ2n) is 6.65. The van der Waals surface area contributed by atoms with Crippen molar-refractivity contribution in [3.05, 3.63) is 59.9 Å². The number of anilines is 1. The maximum atomic E-state index is 12.4. The van der Waals surface area contributed by atoms with Crippen molar-refractivity contribution < 1.29 is 36.2 Å². The third kappa shape index (κ3) is 5.20. The SMILES string of the molecule is CCN(CC)c1ccc2c(c1)OC(=O)C(C=Cc1cc[n+](CCO)cc1)C2.[Br-]. The fourth-order valence-corrected chi connectivity index (χ4v) is 3.32. The number of carbonyl (C=O) groups excluding carboxylic acids is 1. The zero-order valence-electron chi connectivity index (χ0n) is 16.3. The summed E-state index contributed by atoms with van der Waals surface area (Å²) in [5.41, 5.74) is 3.16. The van der Waals surface area contributed by atoms with Crippen molar-refractivity contribution in [2.24, 2.45) is 5.92 Å². The number of esters is 1. The predicted molar refractivity (Wildman–Crippen MR) is 106 cm³/mol. The molecule has 1 atom stereocenters. The van der Waals surface area contributed by atoms with E-state index in [1.165, 1.54) is 0 Å². The highest BCUT2D eigenvalue weighted by atomic mass is 79.9. The predicted octanol–water partition coefficient (Wildman–Crippen LogP) is -0.392. The van der Waals surface area contributed by atoms with E-state index < -0.39 is 0 Å². The Hall–Kier alpha value is -2.18. The normalized spacial score (nSPS) is 15.7. The van der Waals surface area contributed by atoms with Crippen LogP contribution in [0, 0.1) is 5.92 Å². The lowest BCUT2D eigenvalue weighted by atomic mass is 9.94. The zero-order chi connectivity index (χ0) is 19.2. The summed E-state index contributed by atoms with van der Waals surface area (Å²) >= 11 is 0. The Morgan fingerprint density at radius 2 is 1.93 bits per heavy atom. The monoisotopic (exact) mass is 446 g/mol. The minimum Gasteiger partial charge on any atom is -1.00 e. The number of nitrogens with zero attached hydrogens (tertiary/aromatic N) is 2. The topological polar surface area (TPSA) is 53.7 Å². The van der Waals surface area contributed by atoms with Gasteiger partial charge in [-0.3, -0.25) is 4.79 Å². The van der Waals surface area contributed by atoms with Crippen molar-refractivity contribution in [1.82, 2.24) is 0 Å². The smallest absolute Gasteiger partial charge is 0.318 e. The van der Waals surface area contributed by atoms with E-state index in [4.69, 9.17) is 9.84 Å². The van der Waals surface area contributed by atoms with Crippen LogP contribution in [0.25, 0.3) is 6.08 Å². The highest BCUT2D eigenvalue weighted by Crippen LogP contribution is 2.32. The zero-order valence-corrected chi connectivity index (χ0v) is 17.9. The third-order valence-corrected chi connectivity index (χ3v) is 4.93. The van der Waals surface area contributed by atoms with Crippen molar-refractivity contribution in [3.8, 4) is 5.75 Å². The molecule has 0 bridgehead atoms. The molecule has 28 heavy (non-hydrogen) atoms. The molecule has 1 aliphatic heterocycles. The highest BCUT2D eigenvalue weighted by molar-refractivity contribution is 5.81. The molecule has 0 aliphatic carbocycles. The first-order valence-corrected chi connectivity index (χ1v) is 9.52. The van der Waals surface area contributed by atoms with Crippen molar-refractivity contribution in [2.45, 2.75) is 26.8 Å². The Morgan fingerprint density at radius 3 is 2.57 bits per heavy atom. The van der Waals surface area contributed by atoms with E-state index in [2.05, 4.69) is 30.9 Å². The van der Waals surface area contributed by atoms with Crippen LogP contribution in [0.5, 0.6) is 5.75 Å². The number of fused-ring (bicyclic) bond motifs is 1. The van der Waals surface area contributed by atoms with E-state index in [0.29, 0.717) is 18.7 Å². The van der Waals surface area contributed by atoms with E-state index in [0.717, 1.165) is 29.9 Å². The van der Waals surface area contributed by atoms with Crippen LogP contribution in [0.1, 0.15) is 25.0 Å². The summed E-state index contributed by atoms with van der Waals surface area (Å²) in [6.07, 6.45) is 8.35. The molecule has 0 amide bonds. The van der Waals surface area contributed by atoms with Crippen molar-refractivity contribution in [1.29, 1.82) is 0 Å². The summed E-state index contributed by atoms with van der Waals surface area (Å²) in [6.45, 7) is 6.76. The number of halogens is 1. The van der Waals surface area contributed by atoms with Crippen LogP contribution in [-0.2, 0) is 17.8 Å². The van der Waals surface area contributed by atoms with Gasteiger partial charge in [-0.2, -0.15) is 0 Å². The number of rotatable bonds is 7. The molecule has 1 aliphatic rings.